The van der Waals surface area contributed by atoms with Crippen molar-refractivity contribution in [2.75, 3.05) is 5.32 Å². The molecule has 4 heteroatoms. The first-order chi connectivity index (χ1) is 13.8. The van der Waals surface area contributed by atoms with E-state index in [9.17, 15) is 0 Å². The van der Waals surface area contributed by atoms with E-state index in [1.165, 1.54) is 43.2 Å². The second-order valence-corrected chi connectivity index (χ2v) is 7.86. The molecule has 1 aliphatic rings. The molecule has 0 radical (unpaired) electrons. The highest BCUT2D eigenvalue weighted by Crippen LogP contribution is 2.32. The van der Waals surface area contributed by atoms with Crippen LogP contribution in [0.2, 0.25) is 0 Å². The first kappa shape index (κ1) is 17.1. The minimum atomic E-state index is 0.527. The third-order valence-electron chi connectivity index (χ3n) is 5.75. The summed E-state index contributed by atoms with van der Waals surface area (Å²) in [6, 6.07) is 21.9. The van der Waals surface area contributed by atoms with Gasteiger partial charge in [0, 0.05) is 23.4 Å². The number of anilines is 1. The summed E-state index contributed by atoms with van der Waals surface area (Å²) < 4.78 is 2.10. The van der Waals surface area contributed by atoms with Gasteiger partial charge in [-0.3, -0.25) is 5.10 Å². The van der Waals surface area contributed by atoms with E-state index in [-0.39, 0.29) is 0 Å². The lowest BCUT2D eigenvalue weighted by Gasteiger charge is -2.23. The topological polar surface area (TPSA) is 45.1 Å². The second-order valence-electron chi connectivity index (χ2n) is 7.86. The van der Waals surface area contributed by atoms with Crippen molar-refractivity contribution in [3.63, 3.8) is 0 Å². The van der Waals surface area contributed by atoms with Gasteiger partial charge in [0.15, 0.2) is 11.5 Å². The zero-order valence-electron chi connectivity index (χ0n) is 16.3. The monoisotopic (exact) mass is 370 g/mol. The fourth-order valence-electron chi connectivity index (χ4n) is 4.28. The highest BCUT2D eigenvalue weighted by molar-refractivity contribution is 5.78. The maximum Gasteiger partial charge on any atom is 0.156 e. The molecule has 1 aliphatic carbocycles. The van der Waals surface area contributed by atoms with Crippen LogP contribution in [0.1, 0.15) is 37.8 Å². The first-order valence-electron chi connectivity index (χ1n) is 10.3. The first-order valence-corrected chi connectivity index (χ1v) is 10.3. The summed E-state index contributed by atoms with van der Waals surface area (Å²) in [6.07, 6.45) is 6.45. The van der Waals surface area contributed by atoms with E-state index in [4.69, 9.17) is 4.98 Å². The molecule has 0 saturated heterocycles. The Bertz CT molecular complexity index is 1070. The zero-order valence-corrected chi connectivity index (χ0v) is 16.3. The van der Waals surface area contributed by atoms with E-state index in [0.717, 1.165) is 28.4 Å². The second kappa shape index (κ2) is 7.19. The summed E-state index contributed by atoms with van der Waals surface area (Å²) in [7, 11) is 0. The minimum absolute atomic E-state index is 0.527. The molecule has 0 atom stereocenters. The zero-order chi connectivity index (χ0) is 18.9. The fourth-order valence-corrected chi connectivity index (χ4v) is 4.28. The van der Waals surface area contributed by atoms with Gasteiger partial charge >= 0.3 is 0 Å². The smallest absolute Gasteiger partial charge is 0.156 e. The normalized spacial score (nSPS) is 15.2. The van der Waals surface area contributed by atoms with E-state index in [1.807, 2.05) is 0 Å². The Balaban J connectivity index is 1.52. The van der Waals surface area contributed by atoms with Gasteiger partial charge in [0.25, 0.3) is 0 Å². The summed E-state index contributed by atoms with van der Waals surface area (Å²) in [6.45, 7) is 2.08. The van der Waals surface area contributed by atoms with Gasteiger partial charge in [-0.1, -0.05) is 73.9 Å². The molecule has 4 nitrogen and oxygen atoms in total. The van der Waals surface area contributed by atoms with E-state index < -0.39 is 0 Å². The molecule has 0 bridgehead atoms. The number of aromatic nitrogens is 3. The summed E-state index contributed by atoms with van der Waals surface area (Å²) in [4.78, 5) is 4.94. The van der Waals surface area contributed by atoms with Gasteiger partial charge in [0.1, 0.15) is 5.69 Å². The van der Waals surface area contributed by atoms with Crippen molar-refractivity contribution < 1.29 is 0 Å². The van der Waals surface area contributed by atoms with Gasteiger partial charge < -0.3 is 5.32 Å². The minimum Gasteiger partial charge on any atom is -0.365 e. The van der Waals surface area contributed by atoms with Crippen LogP contribution in [0, 0.1) is 6.92 Å². The van der Waals surface area contributed by atoms with Gasteiger partial charge in [-0.2, -0.15) is 0 Å². The number of hydrogen-bond donors (Lipinski definition) is 2. The lowest BCUT2D eigenvalue weighted by atomic mass is 9.95. The molecule has 5 rings (SSSR count). The van der Waals surface area contributed by atoms with Gasteiger partial charge in [-0.15, -0.1) is 0 Å². The van der Waals surface area contributed by atoms with Crippen LogP contribution in [0.5, 0.6) is 0 Å². The van der Waals surface area contributed by atoms with E-state index in [0.29, 0.717) is 6.04 Å². The van der Waals surface area contributed by atoms with Gasteiger partial charge in [-0.25, -0.2) is 9.50 Å². The predicted molar refractivity (Wildman–Crippen MR) is 116 cm³/mol. The SMILES string of the molecule is Cc1cc2nc(-c3ccc(-c4ccccc4)cc3)c(NC3CCCCC3)n2[nH]1. The van der Waals surface area contributed by atoms with Gasteiger partial charge in [0.05, 0.1) is 0 Å². The van der Waals surface area contributed by atoms with Crippen LogP contribution in [0.4, 0.5) is 5.82 Å². The van der Waals surface area contributed by atoms with Crippen molar-refractivity contribution in [1.29, 1.82) is 0 Å². The van der Waals surface area contributed by atoms with Crippen molar-refractivity contribution in [3.05, 3.63) is 66.4 Å². The summed E-state index contributed by atoms with van der Waals surface area (Å²) >= 11 is 0. The molecular weight excluding hydrogens is 344 g/mol. The Labute approximate surface area is 165 Å². The number of aryl methyl sites for hydroxylation is 1. The summed E-state index contributed by atoms with van der Waals surface area (Å²) in [5.74, 6) is 1.09. The van der Waals surface area contributed by atoms with Crippen molar-refractivity contribution in [2.45, 2.75) is 45.1 Å². The molecule has 2 N–H and O–H groups in total. The molecule has 142 valence electrons. The quantitative estimate of drug-likeness (QED) is 0.459. The molecule has 0 aliphatic heterocycles. The molecular formula is C24H26N4. The average molecular weight is 371 g/mol. The molecule has 1 saturated carbocycles. The molecule has 28 heavy (non-hydrogen) atoms. The molecule has 1 fully saturated rings. The third kappa shape index (κ3) is 3.19. The Morgan fingerprint density at radius 1 is 0.893 bits per heavy atom. The van der Waals surface area contributed by atoms with Crippen LogP contribution >= 0.6 is 0 Å². The Hall–Kier alpha value is -3.01. The van der Waals surface area contributed by atoms with E-state index in [1.54, 1.807) is 0 Å². The van der Waals surface area contributed by atoms with Crippen LogP contribution in [0.3, 0.4) is 0 Å². The van der Waals surface area contributed by atoms with Crippen LogP contribution in [-0.2, 0) is 0 Å². The van der Waals surface area contributed by atoms with Crippen molar-refractivity contribution >= 4 is 11.5 Å². The molecule has 2 heterocycles. The fraction of sp³-hybridized carbons (Fsp3) is 0.292. The molecule has 2 aromatic carbocycles. The van der Waals surface area contributed by atoms with Crippen LogP contribution < -0.4 is 5.32 Å². The number of benzene rings is 2. The number of H-pyrrole nitrogens is 1. The number of imidazole rings is 1. The number of nitrogens with zero attached hydrogens (tertiary/aromatic N) is 2. The highest BCUT2D eigenvalue weighted by atomic mass is 15.3. The summed E-state index contributed by atoms with van der Waals surface area (Å²) in [5, 5.41) is 7.24. The third-order valence-corrected chi connectivity index (χ3v) is 5.75. The molecule has 4 aromatic rings. The number of fused-ring (bicyclic) bond motifs is 1. The van der Waals surface area contributed by atoms with E-state index >= 15 is 0 Å². The number of hydrogen-bond acceptors (Lipinski definition) is 2. The number of aromatic amines is 1. The molecule has 2 aromatic heterocycles. The van der Waals surface area contributed by atoms with Crippen molar-refractivity contribution in [1.82, 2.24) is 14.6 Å². The van der Waals surface area contributed by atoms with Crippen molar-refractivity contribution in [3.8, 4) is 22.4 Å². The van der Waals surface area contributed by atoms with E-state index in [2.05, 4.69) is 82.5 Å². The standard InChI is InChI=1S/C24H26N4/c1-17-16-22-26-23(24(28(22)27-17)25-21-10-6-3-7-11-21)20-14-12-19(13-15-20)18-8-4-2-5-9-18/h2,4-5,8-9,12-16,21,25,27H,3,6-7,10-11H2,1H3. The lowest BCUT2D eigenvalue weighted by Crippen LogP contribution is -2.23. The highest BCUT2D eigenvalue weighted by Gasteiger charge is 2.20. The Kier molecular flexibility index (Phi) is 4.40. The number of rotatable bonds is 4. The maximum atomic E-state index is 4.94. The van der Waals surface area contributed by atoms with Gasteiger partial charge in [0.2, 0.25) is 0 Å². The predicted octanol–water partition coefficient (Wildman–Crippen LogP) is 6.05. The lowest BCUT2D eigenvalue weighted by molar-refractivity contribution is 0.461. The Morgan fingerprint density at radius 3 is 2.32 bits per heavy atom. The largest absolute Gasteiger partial charge is 0.365 e. The molecule has 0 spiro atoms. The van der Waals surface area contributed by atoms with Crippen LogP contribution in [0.25, 0.3) is 28.0 Å². The van der Waals surface area contributed by atoms with Crippen LogP contribution in [0.15, 0.2) is 60.7 Å². The average Bonchev–Trinajstić information content (AvgIpc) is 3.26. The molecule has 0 amide bonds. The Morgan fingerprint density at radius 2 is 1.57 bits per heavy atom. The van der Waals surface area contributed by atoms with Crippen molar-refractivity contribution in [2.24, 2.45) is 0 Å². The number of nitrogens with one attached hydrogen (secondary N) is 2. The summed E-state index contributed by atoms with van der Waals surface area (Å²) in [5.41, 5.74) is 6.73. The van der Waals surface area contributed by atoms with Crippen LogP contribution in [-0.4, -0.2) is 20.6 Å². The molecule has 0 unspecified atom stereocenters. The van der Waals surface area contributed by atoms with Gasteiger partial charge in [-0.05, 0) is 30.9 Å². The maximum absolute atomic E-state index is 4.94.